The summed E-state index contributed by atoms with van der Waals surface area (Å²) in [5, 5.41) is 0.411. The summed E-state index contributed by atoms with van der Waals surface area (Å²) in [5.41, 5.74) is 6.31. The Morgan fingerprint density at radius 1 is 1.40 bits per heavy atom. The molecule has 1 aliphatic rings. The Labute approximate surface area is 126 Å². The number of hydrogen-bond acceptors (Lipinski definition) is 3. The monoisotopic (exact) mass is 316 g/mol. The van der Waals surface area contributed by atoms with Crippen LogP contribution in [0.1, 0.15) is 38.7 Å². The topological polar surface area (TPSA) is 63.4 Å². The molecule has 0 saturated carbocycles. The lowest BCUT2D eigenvalue weighted by atomic mass is 10.2. The van der Waals surface area contributed by atoms with E-state index in [1.165, 1.54) is 6.07 Å². The molecule has 1 aromatic carbocycles. The van der Waals surface area contributed by atoms with Gasteiger partial charge >= 0.3 is 0 Å². The van der Waals surface area contributed by atoms with Gasteiger partial charge in [-0.15, -0.1) is 0 Å². The second-order valence-electron chi connectivity index (χ2n) is 5.28. The number of benzene rings is 1. The van der Waals surface area contributed by atoms with Gasteiger partial charge in [0.1, 0.15) is 0 Å². The minimum atomic E-state index is -3.49. The Morgan fingerprint density at radius 3 is 2.65 bits per heavy atom. The molecular formula is C14H21ClN2O2S. The predicted molar refractivity (Wildman–Crippen MR) is 81.1 cm³/mol. The minimum absolute atomic E-state index is 0.0397. The molecule has 1 aromatic rings. The lowest BCUT2D eigenvalue weighted by molar-refractivity contribution is 0.328. The van der Waals surface area contributed by atoms with Gasteiger partial charge < -0.3 is 5.73 Å². The molecule has 2 N–H and O–H groups in total. The fourth-order valence-electron chi connectivity index (χ4n) is 2.84. The molecule has 4 nitrogen and oxygen atoms in total. The van der Waals surface area contributed by atoms with Gasteiger partial charge in [-0.25, -0.2) is 8.42 Å². The molecule has 1 heterocycles. The lowest BCUT2D eigenvalue weighted by Gasteiger charge is -2.27. The van der Waals surface area contributed by atoms with Crippen molar-refractivity contribution >= 4 is 21.6 Å². The van der Waals surface area contributed by atoms with Crippen molar-refractivity contribution in [3.05, 3.63) is 28.8 Å². The number of nitrogens with zero attached hydrogens (tertiary/aromatic N) is 1. The highest BCUT2D eigenvalue weighted by Crippen LogP contribution is 2.33. The Hall–Kier alpha value is -0.620. The lowest BCUT2D eigenvalue weighted by Crippen LogP contribution is -2.39. The zero-order valence-electron chi connectivity index (χ0n) is 11.8. The highest BCUT2D eigenvalue weighted by molar-refractivity contribution is 7.89. The Kier molecular flexibility index (Phi) is 4.74. The first-order chi connectivity index (χ1) is 9.41. The molecule has 1 aliphatic heterocycles. The predicted octanol–water partition coefficient (Wildman–Crippen LogP) is 2.75. The van der Waals surface area contributed by atoms with Crippen LogP contribution in [-0.4, -0.2) is 24.8 Å². The van der Waals surface area contributed by atoms with Crippen molar-refractivity contribution in [1.82, 2.24) is 4.31 Å². The summed E-state index contributed by atoms with van der Waals surface area (Å²) in [6.07, 6.45) is 2.66. The molecule has 1 saturated heterocycles. The van der Waals surface area contributed by atoms with Gasteiger partial charge in [0, 0.05) is 23.7 Å². The van der Waals surface area contributed by atoms with E-state index in [1.54, 1.807) is 16.4 Å². The molecule has 0 aliphatic carbocycles. The van der Waals surface area contributed by atoms with Crippen LogP contribution in [0.3, 0.4) is 0 Å². The minimum Gasteiger partial charge on any atom is -0.326 e. The first-order valence-corrected chi connectivity index (χ1v) is 8.75. The maximum atomic E-state index is 12.8. The van der Waals surface area contributed by atoms with Gasteiger partial charge in [0.05, 0.1) is 4.90 Å². The van der Waals surface area contributed by atoms with E-state index in [0.29, 0.717) is 11.6 Å². The van der Waals surface area contributed by atoms with Crippen LogP contribution < -0.4 is 5.73 Å². The number of halogens is 1. The Bertz CT molecular complexity index is 589. The molecule has 0 bridgehead atoms. The van der Waals surface area contributed by atoms with Crippen molar-refractivity contribution in [2.24, 2.45) is 5.73 Å². The molecule has 0 spiro atoms. The maximum Gasteiger partial charge on any atom is 0.243 e. The van der Waals surface area contributed by atoms with Crippen molar-refractivity contribution in [1.29, 1.82) is 0 Å². The van der Waals surface area contributed by atoms with E-state index >= 15 is 0 Å². The zero-order chi connectivity index (χ0) is 14.9. The van der Waals surface area contributed by atoms with Crippen LogP contribution in [0.5, 0.6) is 0 Å². The summed E-state index contributed by atoms with van der Waals surface area (Å²) in [5.74, 6) is 0. The van der Waals surface area contributed by atoms with Crippen molar-refractivity contribution in [3.8, 4) is 0 Å². The van der Waals surface area contributed by atoms with E-state index in [-0.39, 0.29) is 17.0 Å². The second kappa shape index (κ2) is 6.02. The summed E-state index contributed by atoms with van der Waals surface area (Å²) in [7, 11) is -3.49. The van der Waals surface area contributed by atoms with Gasteiger partial charge in [0.15, 0.2) is 0 Å². The Balaban J connectivity index is 2.42. The summed E-state index contributed by atoms with van der Waals surface area (Å²) >= 11 is 6.09. The third-order valence-corrected chi connectivity index (χ3v) is 6.42. The molecule has 20 heavy (non-hydrogen) atoms. The smallest absolute Gasteiger partial charge is 0.243 e. The molecule has 112 valence electrons. The van der Waals surface area contributed by atoms with Crippen molar-refractivity contribution < 1.29 is 8.42 Å². The van der Waals surface area contributed by atoms with E-state index in [0.717, 1.165) is 24.8 Å². The molecule has 6 heteroatoms. The highest BCUT2D eigenvalue weighted by atomic mass is 35.5. The van der Waals surface area contributed by atoms with Crippen LogP contribution in [-0.2, 0) is 16.6 Å². The quantitative estimate of drug-likeness (QED) is 0.929. The third kappa shape index (κ3) is 2.72. The van der Waals surface area contributed by atoms with Gasteiger partial charge in [-0.1, -0.05) is 24.6 Å². The largest absolute Gasteiger partial charge is 0.326 e. The number of rotatable bonds is 4. The SMILES string of the molecule is CCC1CCC(C)N1S(=O)(=O)c1ccc(CN)c(Cl)c1. The Morgan fingerprint density at radius 2 is 2.10 bits per heavy atom. The second-order valence-corrected chi connectivity index (χ2v) is 7.53. The molecule has 2 rings (SSSR count). The molecule has 0 radical (unpaired) electrons. The number of sulfonamides is 1. The maximum absolute atomic E-state index is 12.8. The molecule has 0 aromatic heterocycles. The van der Waals surface area contributed by atoms with Gasteiger partial charge in [0.2, 0.25) is 10.0 Å². The van der Waals surface area contributed by atoms with Gasteiger partial charge in [0.25, 0.3) is 0 Å². The van der Waals surface area contributed by atoms with Crippen LogP contribution in [0.4, 0.5) is 0 Å². The fraction of sp³-hybridized carbons (Fsp3) is 0.571. The summed E-state index contributed by atoms with van der Waals surface area (Å²) in [4.78, 5) is 0.256. The van der Waals surface area contributed by atoms with Gasteiger partial charge in [-0.3, -0.25) is 0 Å². The first-order valence-electron chi connectivity index (χ1n) is 6.93. The normalized spacial score (nSPS) is 24.2. The van der Waals surface area contributed by atoms with Crippen molar-refractivity contribution in [2.75, 3.05) is 0 Å². The number of nitrogens with two attached hydrogens (primary N) is 1. The van der Waals surface area contributed by atoms with Crippen LogP contribution in [0.25, 0.3) is 0 Å². The highest BCUT2D eigenvalue weighted by Gasteiger charge is 2.39. The molecule has 2 unspecified atom stereocenters. The summed E-state index contributed by atoms with van der Waals surface area (Å²) < 4.78 is 27.2. The first kappa shape index (κ1) is 15.8. The molecule has 1 fully saturated rings. The average Bonchev–Trinajstić information content (AvgIpc) is 2.80. The van der Waals surface area contributed by atoms with E-state index in [1.807, 2.05) is 13.8 Å². The fourth-order valence-corrected chi connectivity index (χ4v) is 5.14. The summed E-state index contributed by atoms with van der Waals surface area (Å²) in [6.45, 7) is 4.29. The van der Waals surface area contributed by atoms with E-state index in [2.05, 4.69) is 0 Å². The zero-order valence-corrected chi connectivity index (χ0v) is 13.4. The number of hydrogen-bond donors (Lipinski definition) is 1. The molecule has 2 atom stereocenters. The van der Waals surface area contributed by atoms with Crippen LogP contribution in [0, 0.1) is 0 Å². The molecular weight excluding hydrogens is 296 g/mol. The van der Waals surface area contributed by atoms with E-state index in [4.69, 9.17) is 17.3 Å². The van der Waals surface area contributed by atoms with Crippen LogP contribution in [0.15, 0.2) is 23.1 Å². The summed E-state index contributed by atoms with van der Waals surface area (Å²) in [6, 6.07) is 4.93. The van der Waals surface area contributed by atoms with Crippen molar-refractivity contribution in [2.45, 2.75) is 56.6 Å². The van der Waals surface area contributed by atoms with E-state index < -0.39 is 10.0 Å². The average molecular weight is 317 g/mol. The third-order valence-electron chi connectivity index (χ3n) is 4.00. The van der Waals surface area contributed by atoms with Gasteiger partial charge in [-0.05, 0) is 43.9 Å². The van der Waals surface area contributed by atoms with Crippen LogP contribution in [0.2, 0.25) is 5.02 Å². The molecule has 0 amide bonds. The van der Waals surface area contributed by atoms with Crippen molar-refractivity contribution in [3.63, 3.8) is 0 Å². The standard InChI is InChI=1S/C14H21ClN2O2S/c1-3-12-6-4-10(2)17(12)20(18,19)13-7-5-11(9-16)14(15)8-13/h5,7-8,10,12H,3-4,6,9,16H2,1-2H3. The van der Waals surface area contributed by atoms with Crippen LogP contribution >= 0.6 is 11.6 Å². The van der Waals surface area contributed by atoms with E-state index in [9.17, 15) is 8.42 Å². The van der Waals surface area contributed by atoms with Gasteiger partial charge in [-0.2, -0.15) is 4.31 Å².